The van der Waals surface area contributed by atoms with Crippen LogP contribution in [0.25, 0.3) is 0 Å². The lowest BCUT2D eigenvalue weighted by Gasteiger charge is -2.34. The van der Waals surface area contributed by atoms with Gasteiger partial charge in [-0.05, 0) is 49.1 Å². The molecule has 2 aromatic carbocycles. The first-order valence-corrected chi connectivity index (χ1v) is 10.8. The van der Waals surface area contributed by atoms with Crippen LogP contribution >= 0.6 is 0 Å². The summed E-state index contributed by atoms with van der Waals surface area (Å²) in [5.74, 6) is -0.390. The molecule has 0 spiro atoms. The van der Waals surface area contributed by atoms with Crippen LogP contribution in [0, 0.1) is 13.8 Å². The van der Waals surface area contributed by atoms with Gasteiger partial charge in [0, 0.05) is 12.2 Å². The highest BCUT2D eigenvalue weighted by Gasteiger charge is 2.46. The molecule has 0 aromatic heterocycles. The van der Waals surface area contributed by atoms with Crippen LogP contribution in [-0.4, -0.2) is 54.0 Å². The topological polar surface area (TPSA) is 99.8 Å². The van der Waals surface area contributed by atoms with Gasteiger partial charge in [-0.25, -0.2) is 4.79 Å². The first-order chi connectivity index (χ1) is 15.4. The Kier molecular flexibility index (Phi) is 6.41. The van der Waals surface area contributed by atoms with Gasteiger partial charge in [0.25, 0.3) is 0 Å². The second-order valence-corrected chi connectivity index (χ2v) is 8.48. The average Bonchev–Trinajstić information content (AvgIpc) is 3.16. The van der Waals surface area contributed by atoms with Crippen molar-refractivity contribution in [3.63, 3.8) is 0 Å². The number of ether oxygens (including phenoxy) is 1. The number of rotatable bonds is 6. The normalized spacial score (nSPS) is 22.3. The van der Waals surface area contributed by atoms with E-state index in [0.717, 1.165) is 16.7 Å². The predicted octanol–water partition coefficient (Wildman–Crippen LogP) is 2.11. The van der Waals surface area contributed by atoms with Crippen LogP contribution in [0.3, 0.4) is 0 Å². The fraction of sp³-hybridized carbons (Fsp3) is 0.375. The Morgan fingerprint density at radius 2 is 1.84 bits per heavy atom. The molecule has 4 amide bonds. The van der Waals surface area contributed by atoms with Gasteiger partial charge in [0.1, 0.15) is 12.1 Å². The molecule has 2 aliphatic rings. The van der Waals surface area contributed by atoms with Gasteiger partial charge < -0.3 is 25.6 Å². The van der Waals surface area contributed by atoms with Gasteiger partial charge in [0.05, 0.1) is 19.3 Å². The monoisotopic (exact) mass is 436 g/mol. The third-order valence-electron chi connectivity index (χ3n) is 5.71. The second kappa shape index (κ2) is 9.40. The maximum absolute atomic E-state index is 12.9. The highest BCUT2D eigenvalue weighted by Crippen LogP contribution is 2.23. The Morgan fingerprint density at radius 3 is 2.56 bits per heavy atom. The van der Waals surface area contributed by atoms with Gasteiger partial charge in [0.15, 0.2) is 0 Å². The molecule has 3 N–H and O–H groups in total. The lowest BCUT2D eigenvalue weighted by molar-refractivity contribution is -0.148. The number of carbonyl (C=O) groups excluding carboxylic acids is 3. The molecule has 0 bridgehead atoms. The summed E-state index contributed by atoms with van der Waals surface area (Å²) in [4.78, 5) is 39.5. The van der Waals surface area contributed by atoms with Crippen molar-refractivity contribution in [1.82, 2.24) is 15.5 Å². The molecule has 4 rings (SSSR count). The van der Waals surface area contributed by atoms with Gasteiger partial charge in [-0.2, -0.15) is 0 Å². The van der Waals surface area contributed by atoms with Crippen LogP contribution in [0.15, 0.2) is 48.5 Å². The number of anilines is 1. The molecule has 8 nitrogen and oxygen atoms in total. The molecule has 168 valence electrons. The lowest BCUT2D eigenvalue weighted by Crippen LogP contribution is -2.62. The molecule has 8 heteroatoms. The standard InChI is InChI=1S/C24H28N4O4/c1-15-8-16(2)10-18(9-15)25-24(31)26-19-11-21-22(29)27-20(23(30)28(21)12-19)14-32-13-17-6-4-3-5-7-17/h3-10,19-21H,11-14H2,1-2H3,(H,27,29)(H2,25,26,31)/t19-,20-,21-/m0/s1. The maximum Gasteiger partial charge on any atom is 0.319 e. The summed E-state index contributed by atoms with van der Waals surface area (Å²) in [6.07, 6.45) is 0.384. The lowest BCUT2D eigenvalue weighted by atomic mass is 10.1. The molecule has 0 unspecified atom stereocenters. The Morgan fingerprint density at radius 1 is 1.12 bits per heavy atom. The summed E-state index contributed by atoms with van der Waals surface area (Å²) < 4.78 is 5.66. The average molecular weight is 437 g/mol. The third-order valence-corrected chi connectivity index (χ3v) is 5.71. The van der Waals surface area contributed by atoms with E-state index in [4.69, 9.17) is 4.74 Å². The Balaban J connectivity index is 1.30. The Labute approximate surface area is 187 Å². The van der Waals surface area contributed by atoms with Gasteiger partial charge in [-0.3, -0.25) is 9.59 Å². The van der Waals surface area contributed by atoms with Crippen LogP contribution in [0.4, 0.5) is 10.5 Å². The summed E-state index contributed by atoms with van der Waals surface area (Å²) in [5.41, 5.74) is 3.82. The minimum absolute atomic E-state index is 0.105. The fourth-order valence-electron chi connectivity index (χ4n) is 4.34. The van der Waals surface area contributed by atoms with Crippen LogP contribution < -0.4 is 16.0 Å². The number of hydrogen-bond acceptors (Lipinski definition) is 4. The number of fused-ring (bicyclic) bond motifs is 1. The van der Waals surface area contributed by atoms with Crippen molar-refractivity contribution in [1.29, 1.82) is 0 Å². The van der Waals surface area contributed by atoms with Crippen molar-refractivity contribution in [2.24, 2.45) is 0 Å². The number of hydrogen-bond donors (Lipinski definition) is 3. The van der Waals surface area contributed by atoms with Gasteiger partial charge in [0.2, 0.25) is 11.8 Å². The number of aryl methyl sites for hydroxylation is 2. The minimum atomic E-state index is -0.717. The summed E-state index contributed by atoms with van der Waals surface area (Å²) in [6.45, 7) is 4.71. The summed E-state index contributed by atoms with van der Waals surface area (Å²) in [5, 5.41) is 8.49. The van der Waals surface area contributed by atoms with E-state index < -0.39 is 12.1 Å². The number of urea groups is 1. The number of piperazine rings is 1. The number of nitrogens with one attached hydrogen (secondary N) is 3. The van der Waals surface area contributed by atoms with Crippen molar-refractivity contribution >= 4 is 23.5 Å². The number of amides is 4. The summed E-state index contributed by atoms with van der Waals surface area (Å²) >= 11 is 0. The van der Waals surface area contributed by atoms with Crippen molar-refractivity contribution in [2.45, 2.75) is 45.0 Å². The molecule has 0 radical (unpaired) electrons. The molecule has 2 aromatic rings. The van der Waals surface area contributed by atoms with Gasteiger partial charge in [-0.1, -0.05) is 36.4 Å². The molecule has 2 aliphatic heterocycles. The molecular formula is C24H28N4O4. The molecule has 3 atom stereocenters. The molecule has 2 fully saturated rings. The molecule has 2 heterocycles. The summed E-state index contributed by atoms with van der Waals surface area (Å²) in [6, 6.07) is 13.5. The molecule has 0 saturated carbocycles. The zero-order valence-electron chi connectivity index (χ0n) is 18.3. The van der Waals surface area contributed by atoms with Crippen LogP contribution in [0.2, 0.25) is 0 Å². The van der Waals surface area contributed by atoms with Crippen molar-refractivity contribution in [2.75, 3.05) is 18.5 Å². The van der Waals surface area contributed by atoms with Crippen LogP contribution in [-0.2, 0) is 20.9 Å². The van der Waals surface area contributed by atoms with E-state index in [1.165, 1.54) is 0 Å². The zero-order valence-corrected chi connectivity index (χ0v) is 18.3. The number of nitrogens with zero attached hydrogens (tertiary/aromatic N) is 1. The zero-order chi connectivity index (χ0) is 22.7. The molecule has 32 heavy (non-hydrogen) atoms. The Hall–Kier alpha value is -3.39. The third kappa shape index (κ3) is 5.08. The van der Waals surface area contributed by atoms with Crippen LogP contribution in [0.5, 0.6) is 0 Å². The highest BCUT2D eigenvalue weighted by atomic mass is 16.5. The van der Waals surface area contributed by atoms with Crippen LogP contribution in [0.1, 0.15) is 23.1 Å². The van der Waals surface area contributed by atoms with Gasteiger partial charge in [-0.15, -0.1) is 0 Å². The minimum Gasteiger partial charge on any atom is -0.374 e. The van der Waals surface area contributed by atoms with E-state index in [1.807, 2.05) is 62.4 Å². The van der Waals surface area contributed by atoms with Crippen molar-refractivity contribution in [3.8, 4) is 0 Å². The smallest absolute Gasteiger partial charge is 0.319 e. The van der Waals surface area contributed by atoms with Crippen molar-refractivity contribution in [3.05, 3.63) is 65.2 Å². The van der Waals surface area contributed by atoms with E-state index in [-0.39, 0.29) is 30.5 Å². The van der Waals surface area contributed by atoms with E-state index in [2.05, 4.69) is 16.0 Å². The SMILES string of the molecule is Cc1cc(C)cc(NC(=O)N[C@H]2C[C@H]3C(=O)N[C@@H](COCc4ccccc4)C(=O)N3C2)c1. The number of carbonyl (C=O) groups is 3. The highest BCUT2D eigenvalue weighted by molar-refractivity contribution is 5.98. The maximum atomic E-state index is 12.9. The van der Waals surface area contributed by atoms with E-state index in [1.54, 1.807) is 4.90 Å². The Bertz CT molecular complexity index is 990. The molecular weight excluding hydrogens is 408 g/mol. The predicted molar refractivity (Wildman–Crippen MR) is 120 cm³/mol. The first kappa shape index (κ1) is 21.8. The van der Waals surface area contributed by atoms with Crippen molar-refractivity contribution < 1.29 is 19.1 Å². The molecule has 0 aliphatic carbocycles. The van der Waals surface area contributed by atoms with E-state index >= 15 is 0 Å². The van der Waals surface area contributed by atoms with E-state index in [0.29, 0.717) is 25.3 Å². The van der Waals surface area contributed by atoms with E-state index in [9.17, 15) is 14.4 Å². The first-order valence-electron chi connectivity index (χ1n) is 10.8. The largest absolute Gasteiger partial charge is 0.374 e. The molecule has 2 saturated heterocycles. The quantitative estimate of drug-likeness (QED) is 0.646. The number of benzene rings is 2. The fourth-order valence-corrected chi connectivity index (χ4v) is 4.34. The second-order valence-electron chi connectivity index (χ2n) is 8.48. The van der Waals surface area contributed by atoms with Gasteiger partial charge >= 0.3 is 6.03 Å². The summed E-state index contributed by atoms with van der Waals surface area (Å²) in [7, 11) is 0.